The molecule has 4 nitrogen and oxygen atoms in total. The summed E-state index contributed by atoms with van der Waals surface area (Å²) in [6, 6.07) is 0. The van der Waals surface area contributed by atoms with Gasteiger partial charge in [0.15, 0.2) is 0 Å². The Kier molecular flexibility index (Phi) is 10.4. The number of ether oxygens (including phenoxy) is 2. The molecular formula is C14H26O4. The van der Waals surface area contributed by atoms with E-state index >= 15 is 0 Å². The SMILES string of the molecule is CCCOC(C(=O)OCCCCCCO)=C(C)C. The third-order valence-electron chi connectivity index (χ3n) is 2.38. The van der Waals surface area contributed by atoms with Crippen molar-refractivity contribution in [2.75, 3.05) is 19.8 Å². The van der Waals surface area contributed by atoms with E-state index in [9.17, 15) is 4.79 Å². The van der Waals surface area contributed by atoms with E-state index in [4.69, 9.17) is 14.6 Å². The molecule has 0 spiro atoms. The average molecular weight is 258 g/mol. The Morgan fingerprint density at radius 2 is 1.67 bits per heavy atom. The Morgan fingerprint density at radius 1 is 1.00 bits per heavy atom. The number of hydrogen-bond donors (Lipinski definition) is 1. The fourth-order valence-corrected chi connectivity index (χ4v) is 1.41. The van der Waals surface area contributed by atoms with Gasteiger partial charge in [0.1, 0.15) is 0 Å². The molecule has 4 heteroatoms. The fraction of sp³-hybridized carbons (Fsp3) is 0.786. The molecule has 0 rings (SSSR count). The number of carbonyl (C=O) groups excluding carboxylic acids is 1. The quantitative estimate of drug-likeness (QED) is 0.283. The van der Waals surface area contributed by atoms with E-state index in [-0.39, 0.29) is 12.6 Å². The first-order valence-electron chi connectivity index (χ1n) is 6.71. The third kappa shape index (κ3) is 8.12. The summed E-state index contributed by atoms with van der Waals surface area (Å²) >= 11 is 0. The monoisotopic (exact) mass is 258 g/mol. The van der Waals surface area contributed by atoms with E-state index in [0.29, 0.717) is 19.0 Å². The Morgan fingerprint density at radius 3 is 2.22 bits per heavy atom. The second-order valence-corrected chi connectivity index (χ2v) is 4.45. The van der Waals surface area contributed by atoms with Crippen LogP contribution in [-0.2, 0) is 14.3 Å². The van der Waals surface area contributed by atoms with E-state index in [0.717, 1.165) is 37.7 Å². The number of aliphatic hydroxyl groups excluding tert-OH is 1. The second-order valence-electron chi connectivity index (χ2n) is 4.45. The van der Waals surface area contributed by atoms with Crippen LogP contribution in [0.15, 0.2) is 11.3 Å². The van der Waals surface area contributed by atoms with E-state index in [2.05, 4.69) is 0 Å². The zero-order valence-corrected chi connectivity index (χ0v) is 11.8. The predicted octanol–water partition coefficient (Wildman–Crippen LogP) is 2.80. The first-order chi connectivity index (χ1) is 8.63. The van der Waals surface area contributed by atoms with Crippen molar-refractivity contribution >= 4 is 5.97 Å². The molecule has 0 aliphatic carbocycles. The van der Waals surface area contributed by atoms with Crippen LogP contribution in [0.3, 0.4) is 0 Å². The van der Waals surface area contributed by atoms with Gasteiger partial charge in [0.2, 0.25) is 5.76 Å². The van der Waals surface area contributed by atoms with Gasteiger partial charge in [-0.3, -0.25) is 0 Å². The summed E-state index contributed by atoms with van der Waals surface area (Å²) in [4.78, 5) is 11.7. The lowest BCUT2D eigenvalue weighted by Gasteiger charge is -2.11. The second kappa shape index (κ2) is 11.1. The molecule has 0 amide bonds. The molecule has 0 aromatic carbocycles. The molecule has 0 saturated heterocycles. The summed E-state index contributed by atoms with van der Waals surface area (Å²) in [7, 11) is 0. The standard InChI is InChI=1S/C14H26O4/c1-4-10-17-13(12(2)3)14(16)18-11-8-6-5-7-9-15/h15H,4-11H2,1-3H3. The maximum absolute atomic E-state index is 11.7. The van der Waals surface area contributed by atoms with E-state index in [1.165, 1.54) is 0 Å². The molecule has 0 saturated carbocycles. The van der Waals surface area contributed by atoms with E-state index in [1.54, 1.807) is 0 Å². The molecule has 0 aromatic rings. The number of allylic oxidation sites excluding steroid dienone is 1. The molecule has 0 fully saturated rings. The molecule has 0 radical (unpaired) electrons. The first kappa shape index (κ1) is 17.0. The van der Waals surface area contributed by atoms with Crippen LogP contribution < -0.4 is 0 Å². The van der Waals surface area contributed by atoms with Crippen molar-refractivity contribution in [3.05, 3.63) is 11.3 Å². The Hall–Kier alpha value is -1.03. The zero-order chi connectivity index (χ0) is 13.8. The summed E-state index contributed by atoms with van der Waals surface area (Å²) in [5, 5.41) is 8.62. The Labute approximate surface area is 110 Å². The highest BCUT2D eigenvalue weighted by Gasteiger charge is 2.13. The van der Waals surface area contributed by atoms with Crippen LogP contribution in [0.2, 0.25) is 0 Å². The minimum atomic E-state index is -0.370. The van der Waals surface area contributed by atoms with Gasteiger partial charge in [0.25, 0.3) is 0 Å². The third-order valence-corrected chi connectivity index (χ3v) is 2.38. The van der Waals surface area contributed by atoms with Gasteiger partial charge >= 0.3 is 5.97 Å². The van der Waals surface area contributed by atoms with Crippen LogP contribution in [0.1, 0.15) is 52.9 Å². The largest absolute Gasteiger partial charge is 0.487 e. The van der Waals surface area contributed by atoms with Crippen molar-refractivity contribution in [3.8, 4) is 0 Å². The van der Waals surface area contributed by atoms with E-state index in [1.807, 2.05) is 20.8 Å². The summed E-state index contributed by atoms with van der Waals surface area (Å²) < 4.78 is 10.5. The van der Waals surface area contributed by atoms with Crippen molar-refractivity contribution in [2.45, 2.75) is 52.9 Å². The highest BCUT2D eigenvalue weighted by molar-refractivity contribution is 5.86. The van der Waals surface area contributed by atoms with Crippen molar-refractivity contribution in [1.82, 2.24) is 0 Å². The molecule has 0 aliphatic heterocycles. The van der Waals surface area contributed by atoms with Crippen LogP contribution >= 0.6 is 0 Å². The van der Waals surface area contributed by atoms with Gasteiger partial charge in [-0.25, -0.2) is 4.79 Å². The molecule has 0 aliphatic rings. The zero-order valence-electron chi connectivity index (χ0n) is 11.8. The van der Waals surface area contributed by atoms with Crippen molar-refractivity contribution in [3.63, 3.8) is 0 Å². The van der Waals surface area contributed by atoms with Gasteiger partial charge in [-0.05, 0) is 45.1 Å². The summed E-state index contributed by atoms with van der Waals surface area (Å²) in [6.45, 7) is 6.85. The molecular weight excluding hydrogens is 232 g/mol. The van der Waals surface area contributed by atoms with Crippen LogP contribution in [0.4, 0.5) is 0 Å². The van der Waals surface area contributed by atoms with Gasteiger partial charge in [0.05, 0.1) is 13.2 Å². The summed E-state index contributed by atoms with van der Waals surface area (Å²) in [5.41, 5.74) is 0.841. The molecule has 0 atom stereocenters. The number of aliphatic hydroxyl groups is 1. The molecule has 0 aromatic heterocycles. The number of rotatable bonds is 10. The van der Waals surface area contributed by atoms with Gasteiger partial charge in [-0.1, -0.05) is 13.3 Å². The highest BCUT2D eigenvalue weighted by Crippen LogP contribution is 2.09. The van der Waals surface area contributed by atoms with Crippen LogP contribution in [-0.4, -0.2) is 30.9 Å². The van der Waals surface area contributed by atoms with E-state index < -0.39 is 0 Å². The Bertz CT molecular complexity index is 255. The normalized spacial score (nSPS) is 10.0. The maximum Gasteiger partial charge on any atom is 0.373 e. The predicted molar refractivity (Wildman–Crippen MR) is 71.1 cm³/mol. The van der Waals surface area contributed by atoms with Crippen LogP contribution in [0, 0.1) is 0 Å². The number of unbranched alkanes of at least 4 members (excludes halogenated alkanes) is 3. The van der Waals surface area contributed by atoms with Gasteiger partial charge in [-0.15, -0.1) is 0 Å². The van der Waals surface area contributed by atoms with Gasteiger partial charge in [-0.2, -0.15) is 0 Å². The Balaban J connectivity index is 3.87. The molecule has 0 heterocycles. The fourth-order valence-electron chi connectivity index (χ4n) is 1.41. The maximum atomic E-state index is 11.7. The lowest BCUT2D eigenvalue weighted by molar-refractivity contribution is -0.143. The lowest BCUT2D eigenvalue weighted by atomic mass is 10.2. The molecule has 0 bridgehead atoms. The average Bonchev–Trinajstić information content (AvgIpc) is 2.33. The van der Waals surface area contributed by atoms with Gasteiger partial charge < -0.3 is 14.6 Å². The molecule has 1 N–H and O–H groups in total. The van der Waals surface area contributed by atoms with Crippen LogP contribution in [0.25, 0.3) is 0 Å². The van der Waals surface area contributed by atoms with Crippen molar-refractivity contribution in [2.24, 2.45) is 0 Å². The number of hydrogen-bond acceptors (Lipinski definition) is 4. The minimum Gasteiger partial charge on any atom is -0.487 e. The summed E-state index contributed by atoms with van der Waals surface area (Å²) in [6.07, 6.45) is 4.44. The van der Waals surface area contributed by atoms with Gasteiger partial charge in [0, 0.05) is 6.61 Å². The molecule has 106 valence electrons. The summed E-state index contributed by atoms with van der Waals surface area (Å²) in [5.74, 6) is -0.0298. The molecule has 18 heavy (non-hydrogen) atoms. The number of carbonyl (C=O) groups is 1. The number of esters is 1. The van der Waals surface area contributed by atoms with Crippen molar-refractivity contribution in [1.29, 1.82) is 0 Å². The minimum absolute atomic E-state index is 0.229. The topological polar surface area (TPSA) is 55.8 Å². The highest BCUT2D eigenvalue weighted by atomic mass is 16.6. The lowest BCUT2D eigenvalue weighted by Crippen LogP contribution is -2.13. The van der Waals surface area contributed by atoms with Crippen LogP contribution in [0.5, 0.6) is 0 Å². The van der Waals surface area contributed by atoms with Crippen molar-refractivity contribution < 1.29 is 19.4 Å². The smallest absolute Gasteiger partial charge is 0.373 e. The first-order valence-corrected chi connectivity index (χ1v) is 6.71. The molecule has 0 unspecified atom stereocenters.